The molecule has 0 radical (unpaired) electrons. The van der Waals surface area contributed by atoms with Crippen molar-refractivity contribution >= 4 is 16.0 Å². The van der Waals surface area contributed by atoms with Crippen LogP contribution in [0.25, 0.3) is 0 Å². The van der Waals surface area contributed by atoms with Gasteiger partial charge in [-0.3, -0.25) is 4.79 Å². The molecule has 1 saturated heterocycles. The van der Waals surface area contributed by atoms with Crippen LogP contribution < -0.4 is 0 Å². The van der Waals surface area contributed by atoms with E-state index in [9.17, 15) is 17.6 Å². The van der Waals surface area contributed by atoms with Gasteiger partial charge in [0.25, 0.3) is 0 Å². The molecule has 1 heterocycles. The monoisotopic (exact) mass is 287 g/mol. The molecule has 0 amide bonds. The topological polar surface area (TPSA) is 74.7 Å². The van der Waals surface area contributed by atoms with Crippen molar-refractivity contribution in [3.8, 4) is 0 Å². The van der Waals surface area contributed by atoms with Gasteiger partial charge in [0.2, 0.25) is 10.0 Å². The van der Waals surface area contributed by atoms with Gasteiger partial charge in [-0.15, -0.1) is 0 Å². The van der Waals surface area contributed by atoms with Crippen LogP contribution in [0.1, 0.15) is 19.3 Å². The van der Waals surface area contributed by atoms with Crippen molar-refractivity contribution in [1.29, 1.82) is 0 Å². The summed E-state index contributed by atoms with van der Waals surface area (Å²) in [7, 11) is -4.11. The van der Waals surface area contributed by atoms with Gasteiger partial charge in [0.1, 0.15) is 16.8 Å². The van der Waals surface area contributed by atoms with E-state index in [0.717, 1.165) is 16.4 Å². The fraction of sp³-hybridized carbons (Fsp3) is 0.417. The molecule has 0 bridgehead atoms. The number of carbonyl (C=O) groups is 1. The number of carboxylic acids is 1. The van der Waals surface area contributed by atoms with Crippen molar-refractivity contribution < 1.29 is 22.7 Å². The molecule has 1 aliphatic heterocycles. The first kappa shape index (κ1) is 14.0. The fourth-order valence-corrected chi connectivity index (χ4v) is 3.94. The molecule has 0 saturated carbocycles. The number of sulfonamides is 1. The Morgan fingerprint density at radius 3 is 2.63 bits per heavy atom. The molecule has 1 fully saturated rings. The number of piperidine rings is 1. The summed E-state index contributed by atoms with van der Waals surface area (Å²) in [6.07, 6.45) is 1.49. The minimum Gasteiger partial charge on any atom is -0.480 e. The number of aliphatic carboxylic acids is 1. The number of benzene rings is 1. The van der Waals surface area contributed by atoms with Gasteiger partial charge in [0, 0.05) is 6.54 Å². The van der Waals surface area contributed by atoms with Gasteiger partial charge in [-0.2, -0.15) is 4.31 Å². The van der Waals surface area contributed by atoms with Crippen molar-refractivity contribution in [2.45, 2.75) is 30.2 Å². The summed E-state index contributed by atoms with van der Waals surface area (Å²) in [5, 5.41) is 9.09. The number of hydrogen-bond acceptors (Lipinski definition) is 3. The lowest BCUT2D eigenvalue weighted by atomic mass is 10.1. The molecule has 19 heavy (non-hydrogen) atoms. The van der Waals surface area contributed by atoms with Crippen LogP contribution in [0.2, 0.25) is 0 Å². The molecule has 7 heteroatoms. The van der Waals surface area contributed by atoms with Crippen molar-refractivity contribution in [3.05, 3.63) is 30.1 Å². The van der Waals surface area contributed by atoms with Crippen LogP contribution in [0.4, 0.5) is 4.39 Å². The first-order valence-corrected chi connectivity index (χ1v) is 7.38. The quantitative estimate of drug-likeness (QED) is 0.913. The highest BCUT2D eigenvalue weighted by Crippen LogP contribution is 2.26. The van der Waals surface area contributed by atoms with Crippen LogP contribution >= 0.6 is 0 Å². The third-order valence-electron chi connectivity index (χ3n) is 3.16. The van der Waals surface area contributed by atoms with Gasteiger partial charge in [0.15, 0.2) is 0 Å². The maximum absolute atomic E-state index is 13.6. The van der Waals surface area contributed by atoms with Crippen LogP contribution in [0.15, 0.2) is 29.2 Å². The van der Waals surface area contributed by atoms with Gasteiger partial charge in [-0.25, -0.2) is 12.8 Å². The normalized spacial score (nSPS) is 21.2. The Hall–Kier alpha value is -1.47. The Morgan fingerprint density at radius 2 is 2.00 bits per heavy atom. The van der Waals surface area contributed by atoms with E-state index in [4.69, 9.17) is 5.11 Å². The van der Waals surface area contributed by atoms with Crippen LogP contribution in [0.5, 0.6) is 0 Å². The summed E-state index contributed by atoms with van der Waals surface area (Å²) < 4.78 is 39.2. The van der Waals surface area contributed by atoms with Crippen molar-refractivity contribution in [1.82, 2.24) is 4.31 Å². The average molecular weight is 287 g/mol. The third-order valence-corrected chi connectivity index (χ3v) is 5.10. The predicted molar refractivity (Wildman–Crippen MR) is 65.6 cm³/mol. The second-order valence-corrected chi connectivity index (χ2v) is 6.25. The molecule has 2 rings (SSSR count). The van der Waals surface area contributed by atoms with E-state index in [0.29, 0.717) is 12.8 Å². The third kappa shape index (κ3) is 2.62. The molecular weight excluding hydrogens is 273 g/mol. The fourth-order valence-electron chi connectivity index (χ4n) is 2.22. The first-order valence-electron chi connectivity index (χ1n) is 5.94. The van der Waals surface area contributed by atoms with Crippen LogP contribution in [0.3, 0.4) is 0 Å². The molecule has 1 aliphatic rings. The highest BCUT2D eigenvalue weighted by Gasteiger charge is 2.38. The summed E-state index contributed by atoms with van der Waals surface area (Å²) in [6, 6.07) is 3.89. The Bertz CT molecular complexity index is 587. The van der Waals surface area contributed by atoms with E-state index in [1.165, 1.54) is 12.1 Å². The lowest BCUT2D eigenvalue weighted by Crippen LogP contribution is -2.48. The smallest absolute Gasteiger partial charge is 0.322 e. The van der Waals surface area contributed by atoms with E-state index >= 15 is 0 Å². The standard InChI is InChI=1S/C12H14FNO4S/c13-9-5-1-2-7-11(9)19(17,18)14-8-4-3-6-10(14)12(15)16/h1-2,5,7,10H,3-4,6,8H2,(H,15,16)/t10-/m1/s1. The molecular formula is C12H14FNO4S. The molecule has 1 N–H and O–H groups in total. The Balaban J connectivity index is 2.43. The Labute approximate surface area is 110 Å². The summed E-state index contributed by atoms with van der Waals surface area (Å²) in [6.45, 7) is 0.105. The summed E-state index contributed by atoms with van der Waals surface area (Å²) in [5.74, 6) is -2.06. The van der Waals surface area contributed by atoms with Gasteiger partial charge in [-0.1, -0.05) is 12.1 Å². The van der Waals surface area contributed by atoms with Gasteiger partial charge >= 0.3 is 5.97 Å². The molecule has 0 aliphatic carbocycles. The molecule has 0 aromatic heterocycles. The summed E-state index contributed by atoms with van der Waals surface area (Å²) >= 11 is 0. The zero-order chi connectivity index (χ0) is 14.0. The number of hydrogen-bond donors (Lipinski definition) is 1. The Morgan fingerprint density at radius 1 is 1.32 bits per heavy atom. The van der Waals surface area contributed by atoms with Crippen molar-refractivity contribution in [2.75, 3.05) is 6.54 Å². The predicted octanol–water partition coefficient (Wildman–Crippen LogP) is 1.45. The number of carboxylic acid groups (broad SMARTS) is 1. The number of halogens is 1. The van der Waals surface area contributed by atoms with Crippen LogP contribution in [0, 0.1) is 5.82 Å². The second kappa shape index (κ2) is 5.26. The van der Waals surface area contributed by atoms with Gasteiger partial charge in [-0.05, 0) is 31.4 Å². The average Bonchev–Trinajstić information content (AvgIpc) is 2.39. The van der Waals surface area contributed by atoms with E-state index in [-0.39, 0.29) is 13.0 Å². The van der Waals surface area contributed by atoms with Crippen LogP contribution in [-0.4, -0.2) is 36.4 Å². The second-order valence-electron chi connectivity index (χ2n) is 4.40. The van der Waals surface area contributed by atoms with Gasteiger partial charge in [0.05, 0.1) is 0 Å². The minimum absolute atomic E-state index is 0.105. The molecule has 104 valence electrons. The molecule has 1 aromatic carbocycles. The largest absolute Gasteiger partial charge is 0.480 e. The SMILES string of the molecule is O=C(O)[C@H]1CCCCN1S(=O)(=O)c1ccccc1F. The highest BCUT2D eigenvalue weighted by atomic mass is 32.2. The van der Waals surface area contributed by atoms with E-state index in [1.54, 1.807) is 0 Å². The molecule has 5 nitrogen and oxygen atoms in total. The number of rotatable bonds is 3. The maximum atomic E-state index is 13.6. The zero-order valence-electron chi connectivity index (χ0n) is 10.1. The zero-order valence-corrected chi connectivity index (χ0v) is 10.9. The minimum atomic E-state index is -4.11. The Kier molecular flexibility index (Phi) is 3.86. The molecule has 0 unspecified atom stereocenters. The number of nitrogens with zero attached hydrogens (tertiary/aromatic N) is 1. The molecule has 0 spiro atoms. The summed E-state index contributed by atoms with van der Waals surface area (Å²) in [4.78, 5) is 10.7. The van der Waals surface area contributed by atoms with Crippen LogP contribution in [-0.2, 0) is 14.8 Å². The van der Waals surface area contributed by atoms with E-state index in [1.807, 2.05) is 0 Å². The first-order chi connectivity index (χ1) is 8.94. The van der Waals surface area contributed by atoms with Crippen molar-refractivity contribution in [2.24, 2.45) is 0 Å². The highest BCUT2D eigenvalue weighted by molar-refractivity contribution is 7.89. The van der Waals surface area contributed by atoms with Gasteiger partial charge < -0.3 is 5.11 Å². The molecule has 1 atom stereocenters. The maximum Gasteiger partial charge on any atom is 0.322 e. The van der Waals surface area contributed by atoms with Crippen molar-refractivity contribution in [3.63, 3.8) is 0 Å². The molecule has 1 aromatic rings. The van der Waals surface area contributed by atoms with E-state index < -0.39 is 32.7 Å². The van der Waals surface area contributed by atoms with E-state index in [2.05, 4.69) is 0 Å². The lowest BCUT2D eigenvalue weighted by molar-refractivity contribution is -0.142. The summed E-state index contributed by atoms with van der Waals surface area (Å²) in [5.41, 5.74) is 0. The lowest BCUT2D eigenvalue weighted by Gasteiger charge is -2.31.